The van der Waals surface area contributed by atoms with Crippen molar-refractivity contribution in [1.29, 1.82) is 0 Å². The molecule has 0 aliphatic carbocycles. The summed E-state index contributed by atoms with van der Waals surface area (Å²) in [6.07, 6.45) is 1.12. The van der Waals surface area contributed by atoms with Crippen molar-refractivity contribution >= 4 is 35.3 Å². The van der Waals surface area contributed by atoms with E-state index in [0.717, 1.165) is 0 Å². The molecule has 0 spiro atoms. The third-order valence-corrected chi connectivity index (χ3v) is 2.75. The second-order valence-electron chi connectivity index (χ2n) is 3.96. The molecule has 0 aliphatic heterocycles. The van der Waals surface area contributed by atoms with Crippen molar-refractivity contribution in [2.24, 2.45) is 10.6 Å². The topological polar surface area (TPSA) is 124 Å². The lowest BCUT2D eigenvalue weighted by Crippen LogP contribution is -2.39. The summed E-state index contributed by atoms with van der Waals surface area (Å²) >= 11 is 10.8. The standard InChI is InChI=1S/C10H18Cl2N6O4/c11-3-7-17(15-21)9(19)13-5-1-2-6-14-10(20)18(16-22)8-4-12/h1-8H2,(H,13,19)(H,14,20). The lowest BCUT2D eigenvalue weighted by Gasteiger charge is -2.14. The number of alkyl halides is 2. The lowest BCUT2D eigenvalue weighted by atomic mass is 10.3. The van der Waals surface area contributed by atoms with Gasteiger partial charge in [-0.2, -0.15) is 10.0 Å². The Morgan fingerprint density at radius 1 is 0.818 bits per heavy atom. The molecular formula is C10H18Cl2N6O4. The Hall–Kier alpha value is -1.68. The fourth-order valence-corrected chi connectivity index (χ4v) is 1.66. The highest BCUT2D eigenvalue weighted by molar-refractivity contribution is 6.18. The van der Waals surface area contributed by atoms with Crippen LogP contribution in [0.25, 0.3) is 0 Å². The summed E-state index contributed by atoms with van der Waals surface area (Å²) in [5.41, 5.74) is 0. The lowest BCUT2D eigenvalue weighted by molar-refractivity contribution is 0.200. The minimum atomic E-state index is -0.627. The number of amides is 4. The van der Waals surface area contributed by atoms with Gasteiger partial charge in [-0.3, -0.25) is 0 Å². The Balaban J connectivity index is 3.77. The maximum atomic E-state index is 11.4. The molecule has 22 heavy (non-hydrogen) atoms. The van der Waals surface area contributed by atoms with Gasteiger partial charge in [-0.15, -0.1) is 33.0 Å². The average Bonchev–Trinajstić information content (AvgIpc) is 2.52. The van der Waals surface area contributed by atoms with Gasteiger partial charge in [-0.25, -0.2) is 9.59 Å². The van der Waals surface area contributed by atoms with Gasteiger partial charge in [0.2, 0.25) is 0 Å². The minimum Gasteiger partial charge on any atom is -0.336 e. The summed E-state index contributed by atoms with van der Waals surface area (Å²) in [5, 5.41) is 11.4. The number of nitrogens with zero attached hydrogens (tertiary/aromatic N) is 4. The number of nitrogens with one attached hydrogen (secondary N) is 2. The molecule has 0 atom stereocenters. The summed E-state index contributed by atoms with van der Waals surface area (Å²) in [6.45, 7) is 0.671. The second-order valence-corrected chi connectivity index (χ2v) is 4.71. The highest BCUT2D eigenvalue weighted by atomic mass is 35.5. The molecule has 0 unspecified atom stereocenters. The molecule has 0 heterocycles. The Kier molecular flexibility index (Phi) is 12.0. The number of nitroso groups, excluding NO2 is 2. The largest absolute Gasteiger partial charge is 0.340 e. The molecule has 0 aromatic heterocycles. The molecule has 0 bridgehead atoms. The number of rotatable bonds is 11. The summed E-state index contributed by atoms with van der Waals surface area (Å²) in [7, 11) is 0. The van der Waals surface area contributed by atoms with E-state index in [0.29, 0.717) is 35.9 Å². The Bertz CT molecular complexity index is 339. The molecule has 10 nitrogen and oxygen atoms in total. The first-order valence-corrected chi connectivity index (χ1v) is 7.56. The van der Waals surface area contributed by atoms with E-state index in [4.69, 9.17) is 23.2 Å². The van der Waals surface area contributed by atoms with E-state index in [1.54, 1.807) is 0 Å². The van der Waals surface area contributed by atoms with Crippen LogP contribution in [0.4, 0.5) is 9.59 Å². The number of halogens is 2. The normalized spacial score (nSPS) is 9.73. The number of hydrogen-bond donors (Lipinski definition) is 2. The molecular weight excluding hydrogens is 339 g/mol. The zero-order valence-electron chi connectivity index (χ0n) is 11.8. The summed E-state index contributed by atoms with van der Waals surface area (Å²) in [4.78, 5) is 43.6. The van der Waals surface area contributed by atoms with Crippen molar-refractivity contribution in [1.82, 2.24) is 20.7 Å². The van der Waals surface area contributed by atoms with Crippen LogP contribution in [0, 0.1) is 9.81 Å². The van der Waals surface area contributed by atoms with Gasteiger partial charge in [-0.1, -0.05) is 0 Å². The molecule has 0 rings (SSSR count). The minimum absolute atomic E-state index is 0.0298. The van der Waals surface area contributed by atoms with Crippen LogP contribution in [-0.4, -0.2) is 60.0 Å². The van der Waals surface area contributed by atoms with E-state index >= 15 is 0 Å². The predicted molar refractivity (Wildman–Crippen MR) is 82.5 cm³/mol. The van der Waals surface area contributed by atoms with Crippen molar-refractivity contribution < 1.29 is 9.59 Å². The van der Waals surface area contributed by atoms with Crippen LogP contribution in [0.1, 0.15) is 12.8 Å². The molecule has 0 saturated carbocycles. The van der Waals surface area contributed by atoms with Crippen LogP contribution >= 0.6 is 23.2 Å². The molecule has 12 heteroatoms. The number of urea groups is 2. The van der Waals surface area contributed by atoms with Crippen molar-refractivity contribution in [2.75, 3.05) is 37.9 Å². The smallest absolute Gasteiger partial charge is 0.336 e. The fourth-order valence-electron chi connectivity index (χ4n) is 1.34. The molecule has 0 fully saturated rings. The number of carbonyl (C=O) groups excluding carboxylic acids is 2. The average molecular weight is 357 g/mol. The van der Waals surface area contributed by atoms with Crippen LogP contribution in [0.3, 0.4) is 0 Å². The van der Waals surface area contributed by atoms with E-state index in [1.165, 1.54) is 0 Å². The fraction of sp³-hybridized carbons (Fsp3) is 0.800. The van der Waals surface area contributed by atoms with Crippen LogP contribution in [0.5, 0.6) is 0 Å². The predicted octanol–water partition coefficient (Wildman–Crippen LogP) is 1.63. The van der Waals surface area contributed by atoms with Crippen molar-refractivity contribution in [3.8, 4) is 0 Å². The molecule has 4 amide bonds. The quantitative estimate of drug-likeness (QED) is 0.252. The van der Waals surface area contributed by atoms with Crippen LogP contribution in [0.15, 0.2) is 10.6 Å². The van der Waals surface area contributed by atoms with Crippen LogP contribution in [-0.2, 0) is 0 Å². The van der Waals surface area contributed by atoms with Gasteiger partial charge in [-0.05, 0) is 12.8 Å². The van der Waals surface area contributed by atoms with Gasteiger partial charge >= 0.3 is 12.1 Å². The highest BCUT2D eigenvalue weighted by Gasteiger charge is 2.13. The molecule has 0 radical (unpaired) electrons. The maximum absolute atomic E-state index is 11.4. The van der Waals surface area contributed by atoms with E-state index in [-0.39, 0.29) is 24.8 Å². The monoisotopic (exact) mass is 356 g/mol. The highest BCUT2D eigenvalue weighted by Crippen LogP contribution is 1.95. The van der Waals surface area contributed by atoms with Crippen molar-refractivity contribution in [2.45, 2.75) is 12.8 Å². The van der Waals surface area contributed by atoms with Crippen molar-refractivity contribution in [3.63, 3.8) is 0 Å². The van der Waals surface area contributed by atoms with Gasteiger partial charge in [0.25, 0.3) is 0 Å². The zero-order chi connectivity index (χ0) is 16.8. The first kappa shape index (κ1) is 20.3. The molecule has 0 aromatic rings. The third kappa shape index (κ3) is 8.57. The maximum Gasteiger partial charge on any atom is 0.340 e. The number of carbonyl (C=O) groups is 2. The van der Waals surface area contributed by atoms with Crippen LogP contribution < -0.4 is 10.6 Å². The number of unbranched alkanes of at least 4 members (excludes halogenated alkanes) is 1. The van der Waals surface area contributed by atoms with Gasteiger partial charge < -0.3 is 10.6 Å². The van der Waals surface area contributed by atoms with Gasteiger partial charge in [0.05, 0.1) is 23.7 Å². The summed E-state index contributed by atoms with van der Waals surface area (Å²) in [5.74, 6) is 0.212. The molecule has 126 valence electrons. The first-order valence-electron chi connectivity index (χ1n) is 6.49. The summed E-state index contributed by atoms with van der Waals surface area (Å²) < 4.78 is 0. The molecule has 0 aliphatic rings. The molecule has 0 saturated heterocycles. The Morgan fingerprint density at radius 2 is 1.18 bits per heavy atom. The van der Waals surface area contributed by atoms with Gasteiger partial charge in [0, 0.05) is 24.8 Å². The van der Waals surface area contributed by atoms with Crippen molar-refractivity contribution in [3.05, 3.63) is 9.81 Å². The molecule has 0 aromatic carbocycles. The van der Waals surface area contributed by atoms with Crippen LogP contribution in [0.2, 0.25) is 0 Å². The van der Waals surface area contributed by atoms with E-state index in [1.807, 2.05) is 0 Å². The van der Waals surface area contributed by atoms with E-state index in [9.17, 15) is 19.4 Å². The molecule has 2 N–H and O–H groups in total. The van der Waals surface area contributed by atoms with Gasteiger partial charge in [0.15, 0.2) is 0 Å². The third-order valence-electron chi connectivity index (χ3n) is 2.41. The first-order chi connectivity index (χ1) is 10.6. The Labute approximate surface area is 137 Å². The van der Waals surface area contributed by atoms with Gasteiger partial charge in [0.1, 0.15) is 0 Å². The Morgan fingerprint density at radius 3 is 1.45 bits per heavy atom. The van der Waals surface area contributed by atoms with E-state index < -0.39 is 12.1 Å². The second kappa shape index (κ2) is 13.0. The van der Waals surface area contributed by atoms with E-state index in [2.05, 4.69) is 21.2 Å². The number of hydrogen-bond acceptors (Lipinski definition) is 6. The SMILES string of the molecule is O=NN(CCCl)C(=O)NCCCCNC(=O)N(CCCl)N=O. The summed E-state index contributed by atoms with van der Waals surface area (Å²) in [6, 6.07) is -1.25. The zero-order valence-corrected chi connectivity index (χ0v) is 13.3.